The summed E-state index contributed by atoms with van der Waals surface area (Å²) in [5.74, 6) is 0.00661. The van der Waals surface area contributed by atoms with Crippen molar-refractivity contribution >= 4 is 23.6 Å². The lowest BCUT2D eigenvalue weighted by molar-refractivity contribution is -0.149. The van der Waals surface area contributed by atoms with Gasteiger partial charge < -0.3 is 15.0 Å². The van der Waals surface area contributed by atoms with E-state index in [1.165, 1.54) is 0 Å². The fourth-order valence-electron chi connectivity index (χ4n) is 3.11. The van der Waals surface area contributed by atoms with E-state index in [1.807, 2.05) is 31.2 Å². The number of amides is 2. The number of rotatable bonds is 5. The molecule has 1 N–H and O–H groups in total. The van der Waals surface area contributed by atoms with Crippen molar-refractivity contribution in [1.29, 1.82) is 0 Å². The largest absolute Gasteiger partial charge is 0.466 e. The SMILES string of the molecule is CCOC(=O)C1CCN(C(=O)NC(c2ccc(Cl)cc2)C(C)C)CC1. The Morgan fingerprint density at radius 1 is 1.24 bits per heavy atom. The highest BCUT2D eigenvalue weighted by Gasteiger charge is 2.29. The van der Waals surface area contributed by atoms with Crippen molar-refractivity contribution < 1.29 is 14.3 Å². The lowest BCUT2D eigenvalue weighted by atomic mass is 9.95. The monoisotopic (exact) mass is 366 g/mol. The first-order chi connectivity index (χ1) is 11.9. The quantitative estimate of drug-likeness (QED) is 0.800. The third-order valence-corrected chi connectivity index (χ3v) is 4.83. The maximum atomic E-state index is 12.6. The summed E-state index contributed by atoms with van der Waals surface area (Å²) in [6.07, 6.45) is 1.30. The zero-order valence-corrected chi connectivity index (χ0v) is 15.9. The summed E-state index contributed by atoms with van der Waals surface area (Å²) in [6.45, 7) is 7.50. The van der Waals surface area contributed by atoms with Crippen LogP contribution in [0.2, 0.25) is 5.02 Å². The van der Waals surface area contributed by atoms with E-state index in [1.54, 1.807) is 4.90 Å². The van der Waals surface area contributed by atoms with Crippen LogP contribution in [0.5, 0.6) is 0 Å². The van der Waals surface area contributed by atoms with Crippen LogP contribution in [0.1, 0.15) is 45.2 Å². The minimum absolute atomic E-state index is 0.0763. The number of urea groups is 1. The number of nitrogens with zero attached hydrogens (tertiary/aromatic N) is 1. The molecule has 0 spiro atoms. The van der Waals surface area contributed by atoms with Gasteiger partial charge in [0.25, 0.3) is 0 Å². The topological polar surface area (TPSA) is 58.6 Å². The third kappa shape index (κ3) is 5.36. The number of hydrogen-bond acceptors (Lipinski definition) is 3. The molecule has 1 heterocycles. The van der Waals surface area contributed by atoms with Crippen molar-refractivity contribution in [2.45, 2.75) is 39.7 Å². The van der Waals surface area contributed by atoms with Crippen molar-refractivity contribution in [3.8, 4) is 0 Å². The average Bonchev–Trinajstić information content (AvgIpc) is 2.60. The number of piperidine rings is 1. The van der Waals surface area contributed by atoms with Crippen LogP contribution in [-0.2, 0) is 9.53 Å². The number of nitrogens with one attached hydrogen (secondary N) is 1. The molecule has 1 atom stereocenters. The lowest BCUT2D eigenvalue weighted by Gasteiger charge is -2.33. The molecule has 1 saturated heterocycles. The zero-order chi connectivity index (χ0) is 18.4. The molecule has 1 unspecified atom stereocenters. The standard InChI is InChI=1S/C19H27ClN2O3/c1-4-25-18(23)15-9-11-22(12-10-15)19(24)21-17(13(2)3)14-5-7-16(20)8-6-14/h5-8,13,15,17H,4,9-12H2,1-3H3,(H,21,24). The van der Waals surface area contributed by atoms with Gasteiger partial charge in [-0.25, -0.2) is 4.79 Å². The molecule has 0 saturated carbocycles. The molecule has 0 bridgehead atoms. The molecule has 1 aliphatic rings. The van der Waals surface area contributed by atoms with Crippen molar-refractivity contribution in [2.24, 2.45) is 11.8 Å². The maximum absolute atomic E-state index is 12.6. The molecule has 1 aromatic rings. The van der Waals surface area contributed by atoms with Crippen LogP contribution in [0.15, 0.2) is 24.3 Å². The predicted octanol–water partition coefficient (Wildman–Crippen LogP) is 4.02. The Balaban J connectivity index is 1.94. The van der Waals surface area contributed by atoms with E-state index in [4.69, 9.17) is 16.3 Å². The molecule has 1 aromatic carbocycles. The fourth-order valence-corrected chi connectivity index (χ4v) is 3.23. The molecule has 0 aliphatic carbocycles. The van der Waals surface area contributed by atoms with E-state index in [-0.39, 0.29) is 29.9 Å². The zero-order valence-electron chi connectivity index (χ0n) is 15.1. The van der Waals surface area contributed by atoms with Crippen LogP contribution in [0, 0.1) is 11.8 Å². The van der Waals surface area contributed by atoms with Gasteiger partial charge in [-0.2, -0.15) is 0 Å². The number of likely N-dealkylation sites (tertiary alicyclic amines) is 1. The molecule has 2 amide bonds. The number of carbonyl (C=O) groups excluding carboxylic acids is 2. The van der Waals surface area contributed by atoms with E-state index in [2.05, 4.69) is 19.2 Å². The molecular weight excluding hydrogens is 340 g/mol. The van der Waals surface area contributed by atoms with Crippen molar-refractivity contribution in [1.82, 2.24) is 10.2 Å². The van der Waals surface area contributed by atoms with Crippen LogP contribution >= 0.6 is 11.6 Å². The molecule has 0 radical (unpaired) electrons. The summed E-state index contributed by atoms with van der Waals surface area (Å²) < 4.78 is 5.07. The fraction of sp³-hybridized carbons (Fsp3) is 0.579. The van der Waals surface area contributed by atoms with Crippen LogP contribution in [0.25, 0.3) is 0 Å². The summed E-state index contributed by atoms with van der Waals surface area (Å²) in [6, 6.07) is 7.40. The van der Waals surface area contributed by atoms with Crippen molar-refractivity contribution in [3.05, 3.63) is 34.9 Å². The highest BCUT2D eigenvalue weighted by molar-refractivity contribution is 6.30. The van der Waals surface area contributed by atoms with Gasteiger partial charge in [0.15, 0.2) is 0 Å². The second-order valence-electron chi connectivity index (χ2n) is 6.74. The number of ether oxygens (including phenoxy) is 1. The predicted molar refractivity (Wildman–Crippen MR) is 98.5 cm³/mol. The second kappa shape index (κ2) is 9.09. The molecule has 2 rings (SSSR count). The minimum atomic E-state index is -0.149. The first kappa shape index (κ1) is 19.6. The number of halogens is 1. The number of hydrogen-bond donors (Lipinski definition) is 1. The number of benzene rings is 1. The Morgan fingerprint density at radius 3 is 2.36 bits per heavy atom. The van der Waals surface area contributed by atoms with E-state index >= 15 is 0 Å². The van der Waals surface area contributed by atoms with Gasteiger partial charge in [0.1, 0.15) is 0 Å². The Morgan fingerprint density at radius 2 is 1.84 bits per heavy atom. The number of carbonyl (C=O) groups is 2. The van der Waals surface area contributed by atoms with Gasteiger partial charge in [0.2, 0.25) is 0 Å². The van der Waals surface area contributed by atoms with E-state index in [0.29, 0.717) is 37.6 Å². The molecule has 6 heteroatoms. The van der Waals surface area contributed by atoms with E-state index < -0.39 is 0 Å². The molecule has 1 fully saturated rings. The first-order valence-electron chi connectivity index (χ1n) is 8.90. The maximum Gasteiger partial charge on any atom is 0.317 e. The van der Waals surface area contributed by atoms with E-state index in [0.717, 1.165) is 5.56 Å². The Bertz CT molecular complexity index is 581. The van der Waals surface area contributed by atoms with Gasteiger partial charge in [-0.3, -0.25) is 4.79 Å². The first-order valence-corrected chi connectivity index (χ1v) is 9.27. The Labute approximate surface area is 154 Å². The Kier molecular flexibility index (Phi) is 7.12. The van der Waals surface area contributed by atoms with Gasteiger partial charge in [0, 0.05) is 18.1 Å². The lowest BCUT2D eigenvalue weighted by Crippen LogP contribution is -2.47. The molecular formula is C19H27ClN2O3. The summed E-state index contributed by atoms with van der Waals surface area (Å²) in [4.78, 5) is 26.2. The summed E-state index contributed by atoms with van der Waals surface area (Å²) in [5, 5.41) is 3.80. The number of esters is 1. The van der Waals surface area contributed by atoms with Crippen LogP contribution in [0.4, 0.5) is 4.79 Å². The minimum Gasteiger partial charge on any atom is -0.466 e. The van der Waals surface area contributed by atoms with Crippen molar-refractivity contribution in [2.75, 3.05) is 19.7 Å². The molecule has 0 aromatic heterocycles. The molecule has 1 aliphatic heterocycles. The van der Waals surface area contributed by atoms with Crippen LogP contribution in [0.3, 0.4) is 0 Å². The van der Waals surface area contributed by atoms with Gasteiger partial charge in [-0.1, -0.05) is 37.6 Å². The summed E-state index contributed by atoms with van der Waals surface area (Å²) in [5.41, 5.74) is 1.04. The van der Waals surface area contributed by atoms with Crippen LogP contribution < -0.4 is 5.32 Å². The van der Waals surface area contributed by atoms with Gasteiger partial charge in [0.05, 0.1) is 18.6 Å². The average molecular weight is 367 g/mol. The normalized spacial score (nSPS) is 16.6. The summed E-state index contributed by atoms with van der Waals surface area (Å²) in [7, 11) is 0. The summed E-state index contributed by atoms with van der Waals surface area (Å²) >= 11 is 5.95. The third-order valence-electron chi connectivity index (χ3n) is 4.58. The van der Waals surface area contributed by atoms with Gasteiger partial charge in [-0.05, 0) is 43.4 Å². The highest BCUT2D eigenvalue weighted by Crippen LogP contribution is 2.25. The molecule has 5 nitrogen and oxygen atoms in total. The van der Waals surface area contributed by atoms with E-state index in [9.17, 15) is 9.59 Å². The van der Waals surface area contributed by atoms with Crippen LogP contribution in [-0.4, -0.2) is 36.6 Å². The highest BCUT2D eigenvalue weighted by atomic mass is 35.5. The van der Waals surface area contributed by atoms with Crippen molar-refractivity contribution in [3.63, 3.8) is 0 Å². The van der Waals surface area contributed by atoms with Gasteiger partial charge in [-0.15, -0.1) is 0 Å². The smallest absolute Gasteiger partial charge is 0.317 e. The second-order valence-corrected chi connectivity index (χ2v) is 7.17. The van der Waals surface area contributed by atoms with Gasteiger partial charge >= 0.3 is 12.0 Å². The Hall–Kier alpha value is -1.75. The molecule has 25 heavy (non-hydrogen) atoms. The molecule has 138 valence electrons.